The minimum Gasteiger partial charge on any atom is -0.465 e. The van der Waals surface area contributed by atoms with Gasteiger partial charge in [-0.3, -0.25) is 9.59 Å². The molecule has 1 aliphatic heterocycles. The first-order valence-electron chi connectivity index (χ1n) is 9.84. The molecule has 1 heterocycles. The van der Waals surface area contributed by atoms with Crippen molar-refractivity contribution in [2.45, 2.75) is 58.8 Å². The monoisotopic (exact) mass is 378 g/mol. The van der Waals surface area contributed by atoms with E-state index in [4.69, 9.17) is 18.9 Å². The average Bonchev–Trinajstić information content (AvgIpc) is 3.13. The van der Waals surface area contributed by atoms with Crippen LogP contribution in [-0.2, 0) is 19.1 Å². The molecule has 0 bridgehead atoms. The summed E-state index contributed by atoms with van der Waals surface area (Å²) < 4.78 is 21.4. The zero-order valence-electron chi connectivity index (χ0n) is 16.5. The van der Waals surface area contributed by atoms with E-state index in [2.05, 4.69) is 6.92 Å². The topological polar surface area (TPSA) is 71.1 Å². The molecule has 0 radical (unpaired) electrons. The van der Waals surface area contributed by atoms with Gasteiger partial charge in [-0.2, -0.15) is 0 Å². The van der Waals surface area contributed by atoms with Crippen molar-refractivity contribution in [3.8, 4) is 11.5 Å². The first kappa shape index (κ1) is 21.1. The number of unbranched alkanes of at least 4 members (excludes halogenated alkanes) is 2. The average molecular weight is 378 g/mol. The number of carbonyl (C=O) groups is 2. The summed E-state index contributed by atoms with van der Waals surface area (Å²) in [6.45, 7) is 6.25. The van der Waals surface area contributed by atoms with E-state index in [1.54, 1.807) is 13.8 Å². The second-order valence-electron chi connectivity index (χ2n) is 6.57. The maximum atomic E-state index is 12.4. The van der Waals surface area contributed by atoms with Crippen molar-refractivity contribution in [3.05, 3.63) is 23.8 Å². The third-order valence-corrected chi connectivity index (χ3v) is 4.69. The summed E-state index contributed by atoms with van der Waals surface area (Å²) in [5, 5.41) is 0. The van der Waals surface area contributed by atoms with E-state index >= 15 is 0 Å². The molecule has 1 aromatic rings. The largest absolute Gasteiger partial charge is 0.465 e. The molecule has 1 atom stereocenters. The Morgan fingerprint density at radius 2 is 1.74 bits per heavy atom. The van der Waals surface area contributed by atoms with Gasteiger partial charge >= 0.3 is 11.9 Å². The van der Waals surface area contributed by atoms with Crippen molar-refractivity contribution >= 4 is 11.9 Å². The molecule has 0 N–H and O–H groups in total. The molecule has 6 heteroatoms. The Bertz CT molecular complexity index is 609. The number of carbonyl (C=O) groups excluding carboxylic acids is 2. The number of hydrogen-bond donors (Lipinski definition) is 0. The second-order valence-corrected chi connectivity index (χ2v) is 6.57. The van der Waals surface area contributed by atoms with E-state index in [-0.39, 0.29) is 25.9 Å². The number of esters is 2. The third kappa shape index (κ3) is 5.62. The molecule has 0 aromatic heterocycles. The molecule has 1 aliphatic rings. The second kappa shape index (κ2) is 10.8. The van der Waals surface area contributed by atoms with Crippen LogP contribution in [0.15, 0.2) is 18.2 Å². The van der Waals surface area contributed by atoms with Gasteiger partial charge < -0.3 is 18.9 Å². The number of ether oxygens (including phenoxy) is 4. The lowest BCUT2D eigenvalue weighted by Crippen LogP contribution is -2.30. The van der Waals surface area contributed by atoms with Crippen molar-refractivity contribution in [1.29, 1.82) is 0 Å². The maximum Gasteiger partial charge on any atom is 0.320 e. The Balaban J connectivity index is 2.27. The van der Waals surface area contributed by atoms with Crippen molar-refractivity contribution in [1.82, 2.24) is 0 Å². The lowest BCUT2D eigenvalue weighted by Gasteiger charge is -2.23. The Kier molecular flexibility index (Phi) is 8.43. The van der Waals surface area contributed by atoms with Gasteiger partial charge in [0.2, 0.25) is 6.79 Å². The smallest absolute Gasteiger partial charge is 0.320 e. The van der Waals surface area contributed by atoms with Crippen molar-refractivity contribution in [3.63, 3.8) is 0 Å². The lowest BCUT2D eigenvalue weighted by molar-refractivity contribution is -0.162. The van der Waals surface area contributed by atoms with Crippen LogP contribution in [0.3, 0.4) is 0 Å². The SMILES string of the molecule is CCCCCC(CC(C(=O)OCC)C(=O)OCC)c1cccc2c1OCO2. The fourth-order valence-corrected chi connectivity index (χ4v) is 3.37. The lowest BCUT2D eigenvalue weighted by atomic mass is 9.84. The van der Waals surface area contributed by atoms with E-state index in [1.807, 2.05) is 18.2 Å². The number of benzene rings is 1. The van der Waals surface area contributed by atoms with Crippen LogP contribution >= 0.6 is 0 Å². The minimum atomic E-state index is -0.935. The summed E-state index contributed by atoms with van der Waals surface area (Å²) in [4.78, 5) is 24.8. The molecule has 0 amide bonds. The molecule has 0 spiro atoms. The van der Waals surface area contributed by atoms with Gasteiger partial charge in [0.25, 0.3) is 0 Å². The summed E-state index contributed by atoms with van der Waals surface area (Å²) in [5.74, 6) is -0.591. The number of fused-ring (bicyclic) bond motifs is 1. The van der Waals surface area contributed by atoms with Crippen molar-refractivity contribution in [2.24, 2.45) is 5.92 Å². The maximum absolute atomic E-state index is 12.4. The van der Waals surface area contributed by atoms with Gasteiger partial charge in [-0.1, -0.05) is 38.3 Å². The van der Waals surface area contributed by atoms with Crippen LogP contribution in [0.1, 0.15) is 64.4 Å². The highest BCUT2D eigenvalue weighted by Crippen LogP contribution is 2.43. The van der Waals surface area contributed by atoms with Gasteiger partial charge in [0.05, 0.1) is 13.2 Å². The first-order valence-corrected chi connectivity index (χ1v) is 9.84. The molecule has 1 unspecified atom stereocenters. The molecule has 6 nitrogen and oxygen atoms in total. The Morgan fingerprint density at radius 3 is 2.37 bits per heavy atom. The van der Waals surface area contributed by atoms with Crippen molar-refractivity contribution < 1.29 is 28.5 Å². The zero-order valence-corrected chi connectivity index (χ0v) is 16.5. The summed E-state index contributed by atoms with van der Waals surface area (Å²) in [6.07, 6.45) is 4.37. The van der Waals surface area contributed by atoms with Crippen molar-refractivity contribution in [2.75, 3.05) is 20.0 Å². The van der Waals surface area contributed by atoms with E-state index in [1.165, 1.54) is 0 Å². The zero-order chi connectivity index (χ0) is 19.6. The first-order chi connectivity index (χ1) is 13.1. The van der Waals surface area contributed by atoms with Gasteiger partial charge in [-0.05, 0) is 38.7 Å². The van der Waals surface area contributed by atoms with Gasteiger partial charge in [-0.15, -0.1) is 0 Å². The predicted molar refractivity (Wildman–Crippen MR) is 101 cm³/mol. The third-order valence-electron chi connectivity index (χ3n) is 4.69. The molecule has 0 saturated heterocycles. The molecule has 0 aliphatic carbocycles. The fourth-order valence-electron chi connectivity index (χ4n) is 3.37. The van der Waals surface area contributed by atoms with Gasteiger partial charge in [0, 0.05) is 5.56 Å². The van der Waals surface area contributed by atoms with E-state index in [0.717, 1.165) is 31.2 Å². The standard InChI is InChI=1S/C21H30O6/c1-4-7-8-10-15(16-11-9-12-18-19(16)27-14-26-18)13-17(20(22)24-5-2)21(23)25-6-3/h9,11-12,15,17H,4-8,10,13-14H2,1-3H3. The normalized spacial score (nSPS) is 13.5. The van der Waals surface area contributed by atoms with Crippen LogP contribution in [-0.4, -0.2) is 31.9 Å². The highest BCUT2D eigenvalue weighted by atomic mass is 16.7. The molecule has 2 rings (SSSR count). The van der Waals surface area contributed by atoms with Crippen LogP contribution in [0.4, 0.5) is 0 Å². The van der Waals surface area contributed by atoms with E-state index in [0.29, 0.717) is 17.9 Å². The summed E-state index contributed by atoms with van der Waals surface area (Å²) in [5.41, 5.74) is 0.972. The quantitative estimate of drug-likeness (QED) is 0.326. The van der Waals surface area contributed by atoms with Gasteiger partial charge in [0.1, 0.15) is 0 Å². The predicted octanol–water partition coefficient (Wildman–Crippen LogP) is 4.21. The Hall–Kier alpha value is -2.24. The molecular formula is C21H30O6. The molecule has 0 saturated carbocycles. The molecule has 27 heavy (non-hydrogen) atoms. The van der Waals surface area contributed by atoms with Crippen LogP contribution < -0.4 is 9.47 Å². The van der Waals surface area contributed by atoms with E-state index < -0.39 is 17.9 Å². The summed E-state index contributed by atoms with van der Waals surface area (Å²) in [6, 6.07) is 5.76. The fraction of sp³-hybridized carbons (Fsp3) is 0.619. The number of para-hydroxylation sites is 1. The Morgan fingerprint density at radius 1 is 1.04 bits per heavy atom. The van der Waals surface area contributed by atoms with Gasteiger partial charge in [-0.25, -0.2) is 0 Å². The number of rotatable bonds is 11. The summed E-state index contributed by atoms with van der Waals surface area (Å²) in [7, 11) is 0. The molecule has 0 fully saturated rings. The highest BCUT2D eigenvalue weighted by molar-refractivity contribution is 5.95. The van der Waals surface area contributed by atoms with Crippen LogP contribution in [0, 0.1) is 5.92 Å². The molecule has 1 aromatic carbocycles. The number of hydrogen-bond acceptors (Lipinski definition) is 6. The Labute approximate surface area is 161 Å². The minimum absolute atomic E-state index is 0.0213. The highest BCUT2D eigenvalue weighted by Gasteiger charge is 2.34. The summed E-state index contributed by atoms with van der Waals surface area (Å²) >= 11 is 0. The van der Waals surface area contributed by atoms with Crippen LogP contribution in [0.25, 0.3) is 0 Å². The molecular weight excluding hydrogens is 348 g/mol. The van der Waals surface area contributed by atoms with Crippen LogP contribution in [0.2, 0.25) is 0 Å². The van der Waals surface area contributed by atoms with Crippen LogP contribution in [0.5, 0.6) is 11.5 Å². The molecule has 150 valence electrons. The van der Waals surface area contributed by atoms with E-state index in [9.17, 15) is 9.59 Å². The van der Waals surface area contributed by atoms with Gasteiger partial charge in [0.15, 0.2) is 17.4 Å².